The van der Waals surface area contributed by atoms with Crippen LogP contribution in [0, 0.1) is 0 Å². The summed E-state index contributed by atoms with van der Waals surface area (Å²) >= 11 is 7.09. The lowest BCUT2D eigenvalue weighted by molar-refractivity contribution is -0.0498. The molecule has 0 N–H and O–H groups in total. The van der Waals surface area contributed by atoms with Gasteiger partial charge in [-0.05, 0) is 24.7 Å². The molecule has 8 heteroatoms. The van der Waals surface area contributed by atoms with Gasteiger partial charge in [0.2, 0.25) is 0 Å². The molecule has 0 amide bonds. The molecule has 108 valence electrons. The smallest absolute Gasteiger partial charge is 0.387 e. The Labute approximate surface area is 124 Å². The molecule has 0 radical (unpaired) electrons. The number of alkyl halides is 2. The van der Waals surface area contributed by atoms with E-state index in [1.807, 2.05) is 11.9 Å². The third-order valence-corrected chi connectivity index (χ3v) is 3.51. The standard InChI is InChI=1S/C12H12ClF2N3OS/c1-18(7-10-11(13)20-17-16-10)6-8-2-4-9(5-3-8)19-12(14)15/h2-5,12H,6-7H2,1H3. The fraction of sp³-hybridized carbons (Fsp3) is 0.333. The highest BCUT2D eigenvalue weighted by Crippen LogP contribution is 2.20. The van der Waals surface area contributed by atoms with Gasteiger partial charge in [0.05, 0.1) is 0 Å². The lowest BCUT2D eigenvalue weighted by Crippen LogP contribution is -2.17. The van der Waals surface area contributed by atoms with Crippen LogP contribution in [0.15, 0.2) is 24.3 Å². The SMILES string of the molecule is CN(Cc1ccc(OC(F)F)cc1)Cc1nnsc1Cl. The minimum absolute atomic E-state index is 0.151. The van der Waals surface area contributed by atoms with Gasteiger partial charge >= 0.3 is 6.61 Å². The molecular formula is C12H12ClF2N3OS. The van der Waals surface area contributed by atoms with E-state index in [0.717, 1.165) is 22.8 Å². The second kappa shape index (κ2) is 6.92. The van der Waals surface area contributed by atoms with Crippen molar-refractivity contribution in [2.24, 2.45) is 0 Å². The van der Waals surface area contributed by atoms with E-state index in [4.69, 9.17) is 11.6 Å². The summed E-state index contributed by atoms with van der Waals surface area (Å²) in [6.07, 6.45) is 0. The molecule has 20 heavy (non-hydrogen) atoms. The third-order valence-electron chi connectivity index (χ3n) is 2.53. The molecule has 0 unspecified atom stereocenters. The molecule has 0 bridgehead atoms. The summed E-state index contributed by atoms with van der Waals surface area (Å²) in [6, 6.07) is 6.53. The van der Waals surface area contributed by atoms with Gasteiger partial charge in [0.1, 0.15) is 15.8 Å². The van der Waals surface area contributed by atoms with Gasteiger partial charge in [-0.3, -0.25) is 4.90 Å². The Morgan fingerprint density at radius 1 is 1.30 bits per heavy atom. The predicted molar refractivity (Wildman–Crippen MR) is 73.2 cm³/mol. The molecule has 2 aromatic rings. The van der Waals surface area contributed by atoms with Gasteiger partial charge < -0.3 is 4.74 Å². The minimum atomic E-state index is -2.80. The average Bonchev–Trinajstić information content (AvgIpc) is 2.77. The summed E-state index contributed by atoms with van der Waals surface area (Å²) in [4.78, 5) is 2.01. The maximum atomic E-state index is 12.0. The summed E-state index contributed by atoms with van der Waals surface area (Å²) in [5, 5.41) is 3.94. The minimum Gasteiger partial charge on any atom is -0.435 e. The molecule has 2 rings (SSSR count). The van der Waals surface area contributed by atoms with Gasteiger partial charge in [-0.2, -0.15) is 8.78 Å². The highest BCUT2D eigenvalue weighted by atomic mass is 35.5. The first-order valence-electron chi connectivity index (χ1n) is 5.73. The van der Waals surface area contributed by atoms with Crippen LogP contribution in [0.2, 0.25) is 4.34 Å². The number of benzene rings is 1. The normalized spacial score (nSPS) is 11.3. The van der Waals surface area contributed by atoms with Crippen molar-refractivity contribution in [2.75, 3.05) is 7.05 Å². The van der Waals surface area contributed by atoms with Crippen molar-refractivity contribution in [1.82, 2.24) is 14.5 Å². The monoisotopic (exact) mass is 319 g/mol. The zero-order valence-electron chi connectivity index (χ0n) is 10.6. The molecule has 0 saturated heterocycles. The van der Waals surface area contributed by atoms with Crippen molar-refractivity contribution in [2.45, 2.75) is 19.7 Å². The Kier molecular flexibility index (Phi) is 5.22. The van der Waals surface area contributed by atoms with Crippen molar-refractivity contribution >= 4 is 23.1 Å². The van der Waals surface area contributed by atoms with E-state index in [2.05, 4.69) is 14.3 Å². The topological polar surface area (TPSA) is 38.2 Å². The van der Waals surface area contributed by atoms with Gasteiger partial charge in [-0.25, -0.2) is 0 Å². The van der Waals surface area contributed by atoms with E-state index >= 15 is 0 Å². The number of hydrogen-bond donors (Lipinski definition) is 0. The molecule has 0 fully saturated rings. The van der Waals surface area contributed by atoms with Crippen molar-refractivity contribution in [3.8, 4) is 5.75 Å². The van der Waals surface area contributed by atoms with Crippen LogP contribution in [0.3, 0.4) is 0 Å². The van der Waals surface area contributed by atoms with Crippen LogP contribution >= 0.6 is 23.1 Å². The fourth-order valence-corrected chi connectivity index (χ4v) is 2.30. The largest absolute Gasteiger partial charge is 0.435 e. The molecule has 0 aliphatic carbocycles. The van der Waals surface area contributed by atoms with E-state index in [1.54, 1.807) is 12.1 Å². The molecule has 0 spiro atoms. The van der Waals surface area contributed by atoms with Gasteiger partial charge in [0.25, 0.3) is 0 Å². The molecular weight excluding hydrogens is 308 g/mol. The summed E-state index contributed by atoms with van der Waals surface area (Å²) < 4.78 is 32.7. The summed E-state index contributed by atoms with van der Waals surface area (Å²) in [5.41, 5.74) is 1.71. The van der Waals surface area contributed by atoms with Crippen LogP contribution in [0.25, 0.3) is 0 Å². The van der Waals surface area contributed by atoms with Crippen LogP contribution in [0.1, 0.15) is 11.3 Å². The zero-order chi connectivity index (χ0) is 14.5. The molecule has 0 saturated carbocycles. The van der Waals surface area contributed by atoms with E-state index in [9.17, 15) is 8.78 Å². The fourth-order valence-electron chi connectivity index (χ4n) is 1.69. The third kappa shape index (κ3) is 4.36. The molecule has 0 aliphatic rings. The van der Waals surface area contributed by atoms with Crippen molar-refractivity contribution in [1.29, 1.82) is 0 Å². The van der Waals surface area contributed by atoms with Gasteiger partial charge in [0.15, 0.2) is 0 Å². The molecule has 1 heterocycles. The lowest BCUT2D eigenvalue weighted by atomic mass is 10.2. The van der Waals surface area contributed by atoms with Crippen LogP contribution < -0.4 is 4.74 Å². The Balaban J connectivity index is 1.91. The van der Waals surface area contributed by atoms with Gasteiger partial charge in [-0.1, -0.05) is 28.2 Å². The first kappa shape index (κ1) is 15.1. The number of halogens is 3. The number of hydrogen-bond acceptors (Lipinski definition) is 5. The van der Waals surface area contributed by atoms with Crippen molar-refractivity contribution < 1.29 is 13.5 Å². The Morgan fingerprint density at radius 3 is 2.55 bits per heavy atom. The highest BCUT2D eigenvalue weighted by Gasteiger charge is 2.09. The van der Waals surface area contributed by atoms with Crippen LogP contribution in [0.5, 0.6) is 5.75 Å². The molecule has 1 aromatic carbocycles. The van der Waals surface area contributed by atoms with E-state index in [-0.39, 0.29) is 5.75 Å². The van der Waals surface area contributed by atoms with E-state index in [1.165, 1.54) is 12.1 Å². The Morgan fingerprint density at radius 2 is 2.00 bits per heavy atom. The summed E-state index contributed by atoms with van der Waals surface area (Å²) in [7, 11) is 1.92. The number of rotatable bonds is 6. The average molecular weight is 320 g/mol. The number of nitrogens with zero attached hydrogens (tertiary/aromatic N) is 3. The van der Waals surface area contributed by atoms with Crippen LogP contribution in [-0.2, 0) is 13.1 Å². The maximum absolute atomic E-state index is 12.0. The van der Waals surface area contributed by atoms with Gasteiger partial charge in [-0.15, -0.1) is 5.10 Å². The Hall–Kier alpha value is -1.31. The van der Waals surface area contributed by atoms with E-state index < -0.39 is 6.61 Å². The van der Waals surface area contributed by atoms with Crippen LogP contribution in [0.4, 0.5) is 8.78 Å². The number of ether oxygens (including phenoxy) is 1. The van der Waals surface area contributed by atoms with Crippen LogP contribution in [-0.4, -0.2) is 28.1 Å². The molecule has 4 nitrogen and oxygen atoms in total. The maximum Gasteiger partial charge on any atom is 0.387 e. The quantitative estimate of drug-likeness (QED) is 0.817. The second-order valence-electron chi connectivity index (χ2n) is 4.19. The second-order valence-corrected chi connectivity index (χ2v) is 5.54. The molecule has 1 aromatic heterocycles. The number of aromatic nitrogens is 2. The predicted octanol–water partition coefficient (Wildman–Crippen LogP) is 3.42. The zero-order valence-corrected chi connectivity index (χ0v) is 12.2. The van der Waals surface area contributed by atoms with Crippen molar-refractivity contribution in [3.05, 3.63) is 39.9 Å². The van der Waals surface area contributed by atoms with Gasteiger partial charge in [0, 0.05) is 24.6 Å². The van der Waals surface area contributed by atoms with E-state index in [0.29, 0.717) is 17.4 Å². The molecule has 0 aliphatic heterocycles. The first-order valence-corrected chi connectivity index (χ1v) is 6.89. The highest BCUT2D eigenvalue weighted by molar-refractivity contribution is 7.10. The Bertz CT molecular complexity index is 550. The summed E-state index contributed by atoms with van der Waals surface area (Å²) in [6.45, 7) is -1.59. The van der Waals surface area contributed by atoms with Crippen molar-refractivity contribution in [3.63, 3.8) is 0 Å². The molecule has 0 atom stereocenters. The first-order chi connectivity index (χ1) is 9.54. The lowest BCUT2D eigenvalue weighted by Gasteiger charge is -2.15. The summed E-state index contributed by atoms with van der Waals surface area (Å²) in [5.74, 6) is 0.151.